The van der Waals surface area contributed by atoms with E-state index in [1.807, 2.05) is 19.3 Å². The third-order valence-electron chi connectivity index (χ3n) is 5.09. The van der Waals surface area contributed by atoms with Crippen molar-refractivity contribution in [3.63, 3.8) is 0 Å². The molecule has 0 aliphatic carbocycles. The summed E-state index contributed by atoms with van der Waals surface area (Å²) >= 11 is 0. The molecule has 0 unspecified atom stereocenters. The van der Waals surface area contributed by atoms with Gasteiger partial charge in [-0.1, -0.05) is 45.1 Å². The summed E-state index contributed by atoms with van der Waals surface area (Å²) in [4.78, 5) is 8.58. The van der Waals surface area contributed by atoms with Gasteiger partial charge in [-0.15, -0.1) is 0 Å². The number of hydrogen-bond donors (Lipinski definition) is 2. The van der Waals surface area contributed by atoms with Crippen LogP contribution in [0.25, 0.3) is 0 Å². The molecule has 2 N–H and O–H groups in total. The molecule has 156 valence electrons. The molecule has 2 aromatic rings. The van der Waals surface area contributed by atoms with E-state index in [9.17, 15) is 0 Å². The predicted octanol–water partition coefficient (Wildman–Crippen LogP) is 5.32. The number of allylic oxidation sites excluding steroid dienone is 1. The van der Waals surface area contributed by atoms with E-state index in [1.165, 1.54) is 11.1 Å². The van der Waals surface area contributed by atoms with Crippen molar-refractivity contribution in [2.75, 3.05) is 12.4 Å². The van der Waals surface area contributed by atoms with Gasteiger partial charge in [0.1, 0.15) is 17.5 Å². The Morgan fingerprint density at radius 2 is 1.93 bits per heavy atom. The van der Waals surface area contributed by atoms with Gasteiger partial charge in [-0.05, 0) is 55.9 Å². The highest BCUT2D eigenvalue weighted by atomic mass is 15.1. The highest BCUT2D eigenvalue weighted by molar-refractivity contribution is 5.95. The molecule has 0 amide bonds. The SMILES string of the molecule is C=C(NC(/C=C(\C)C(C)(C)C)=NC)Nc1ccc(CCCn2ccnc2C)cc1. The molecule has 5 nitrogen and oxygen atoms in total. The highest BCUT2D eigenvalue weighted by Crippen LogP contribution is 2.24. The first-order valence-electron chi connectivity index (χ1n) is 10.1. The van der Waals surface area contributed by atoms with Crippen molar-refractivity contribution in [2.24, 2.45) is 10.4 Å². The summed E-state index contributed by atoms with van der Waals surface area (Å²) < 4.78 is 2.19. The lowest BCUT2D eigenvalue weighted by Crippen LogP contribution is -2.25. The lowest BCUT2D eigenvalue weighted by atomic mass is 9.87. The number of nitrogens with one attached hydrogen (secondary N) is 2. The minimum atomic E-state index is 0.110. The Morgan fingerprint density at radius 1 is 1.24 bits per heavy atom. The van der Waals surface area contributed by atoms with Gasteiger partial charge in [0.05, 0.1) is 0 Å². The van der Waals surface area contributed by atoms with Crippen LogP contribution in [0.2, 0.25) is 0 Å². The van der Waals surface area contributed by atoms with E-state index in [1.54, 1.807) is 7.05 Å². The van der Waals surface area contributed by atoms with Gasteiger partial charge < -0.3 is 15.2 Å². The molecule has 1 heterocycles. The minimum absolute atomic E-state index is 0.110. The van der Waals surface area contributed by atoms with Crippen LogP contribution < -0.4 is 10.6 Å². The first-order chi connectivity index (χ1) is 13.7. The fraction of sp³-hybridized carbons (Fsp3) is 0.417. The summed E-state index contributed by atoms with van der Waals surface area (Å²) in [6, 6.07) is 8.50. The molecular weight excluding hydrogens is 358 g/mol. The van der Waals surface area contributed by atoms with E-state index in [0.717, 1.165) is 36.7 Å². The smallest absolute Gasteiger partial charge is 0.126 e. The Morgan fingerprint density at radius 3 is 2.48 bits per heavy atom. The van der Waals surface area contributed by atoms with Crippen LogP contribution >= 0.6 is 0 Å². The van der Waals surface area contributed by atoms with Crippen LogP contribution in [0.1, 0.15) is 45.5 Å². The van der Waals surface area contributed by atoms with Crippen LogP contribution in [0.4, 0.5) is 5.69 Å². The fourth-order valence-corrected chi connectivity index (χ4v) is 2.79. The number of rotatable bonds is 8. The average Bonchev–Trinajstić information content (AvgIpc) is 3.06. The van der Waals surface area contributed by atoms with E-state index in [-0.39, 0.29) is 5.41 Å². The van der Waals surface area contributed by atoms with Gasteiger partial charge in [0.25, 0.3) is 0 Å². The van der Waals surface area contributed by atoms with Crippen LogP contribution in [0, 0.1) is 12.3 Å². The van der Waals surface area contributed by atoms with Gasteiger partial charge in [0, 0.05) is 31.7 Å². The fourth-order valence-electron chi connectivity index (χ4n) is 2.79. The number of anilines is 1. The normalized spacial score (nSPS) is 12.8. The Hall–Kier alpha value is -2.82. The Kier molecular flexibility index (Phi) is 7.82. The summed E-state index contributed by atoms with van der Waals surface area (Å²) in [6.07, 6.45) is 8.09. The predicted molar refractivity (Wildman–Crippen MR) is 124 cm³/mol. The van der Waals surface area contributed by atoms with Crippen molar-refractivity contribution in [3.8, 4) is 0 Å². The van der Waals surface area contributed by atoms with E-state index >= 15 is 0 Å². The van der Waals surface area contributed by atoms with Gasteiger partial charge in [-0.25, -0.2) is 4.98 Å². The van der Waals surface area contributed by atoms with Crippen molar-refractivity contribution in [3.05, 3.63) is 72.1 Å². The average molecular weight is 394 g/mol. The minimum Gasteiger partial charge on any atom is -0.342 e. The standard InChI is InChI=1S/C24H35N5/c1-18(24(4,5)6)17-23(25-7)28-19(2)27-22-12-10-21(11-13-22)9-8-15-29-16-14-26-20(29)3/h10-14,16-17,27H,2,8-9,15H2,1,3-7H3,(H,25,28)/b18-17+. The van der Waals surface area contributed by atoms with Gasteiger partial charge in [-0.3, -0.25) is 4.99 Å². The zero-order valence-corrected chi connectivity index (χ0v) is 18.7. The third kappa shape index (κ3) is 7.26. The van der Waals surface area contributed by atoms with Crippen LogP contribution in [0.15, 0.2) is 65.7 Å². The first kappa shape index (κ1) is 22.5. The van der Waals surface area contributed by atoms with E-state index < -0.39 is 0 Å². The molecule has 0 saturated heterocycles. The molecule has 0 bridgehead atoms. The number of nitrogens with zero attached hydrogens (tertiary/aromatic N) is 3. The second kappa shape index (κ2) is 10.1. The molecule has 1 aromatic carbocycles. The zero-order valence-electron chi connectivity index (χ0n) is 18.7. The van der Waals surface area contributed by atoms with Crippen molar-refractivity contribution in [2.45, 2.75) is 54.0 Å². The Labute approximate surface area is 175 Å². The molecule has 0 atom stereocenters. The van der Waals surface area contributed by atoms with Crippen LogP contribution in [-0.2, 0) is 13.0 Å². The van der Waals surface area contributed by atoms with Gasteiger partial charge in [0.15, 0.2) is 0 Å². The monoisotopic (exact) mass is 393 g/mol. The molecule has 0 radical (unpaired) electrons. The van der Waals surface area contributed by atoms with Crippen molar-refractivity contribution in [1.82, 2.24) is 14.9 Å². The second-order valence-corrected chi connectivity index (χ2v) is 8.38. The summed E-state index contributed by atoms with van der Waals surface area (Å²) in [5, 5.41) is 6.55. The first-order valence-corrected chi connectivity index (χ1v) is 10.1. The van der Waals surface area contributed by atoms with E-state index in [2.05, 4.69) is 89.8 Å². The lowest BCUT2D eigenvalue weighted by molar-refractivity contribution is 0.504. The van der Waals surface area contributed by atoms with Crippen molar-refractivity contribution < 1.29 is 0 Å². The summed E-state index contributed by atoms with van der Waals surface area (Å²) in [5.41, 5.74) is 3.70. The molecule has 0 spiro atoms. The number of aliphatic imine (C=N–C) groups is 1. The molecule has 0 saturated carbocycles. The van der Waals surface area contributed by atoms with Crippen LogP contribution in [0.5, 0.6) is 0 Å². The molecule has 0 fully saturated rings. The van der Waals surface area contributed by atoms with Gasteiger partial charge >= 0.3 is 0 Å². The number of aryl methyl sites for hydroxylation is 3. The highest BCUT2D eigenvalue weighted by Gasteiger charge is 2.13. The quantitative estimate of drug-likeness (QED) is 0.471. The number of imidazole rings is 1. The number of amidine groups is 1. The maximum atomic E-state index is 4.32. The Bertz CT molecular complexity index is 863. The summed E-state index contributed by atoms with van der Waals surface area (Å²) in [6.45, 7) is 15.8. The second-order valence-electron chi connectivity index (χ2n) is 8.38. The zero-order chi connectivity index (χ0) is 21.4. The maximum Gasteiger partial charge on any atom is 0.126 e. The topological polar surface area (TPSA) is 54.2 Å². The Balaban J connectivity index is 1.85. The van der Waals surface area contributed by atoms with Gasteiger partial charge in [-0.2, -0.15) is 0 Å². The lowest BCUT2D eigenvalue weighted by Gasteiger charge is -2.20. The van der Waals surface area contributed by atoms with Gasteiger partial charge in [0.2, 0.25) is 0 Å². The van der Waals surface area contributed by atoms with Crippen molar-refractivity contribution in [1.29, 1.82) is 0 Å². The molecule has 2 rings (SSSR count). The number of aromatic nitrogens is 2. The summed E-state index contributed by atoms with van der Waals surface area (Å²) in [5.74, 6) is 2.56. The van der Waals surface area contributed by atoms with Crippen LogP contribution in [0.3, 0.4) is 0 Å². The molecule has 5 heteroatoms. The molecule has 0 aliphatic heterocycles. The summed E-state index contributed by atoms with van der Waals surface area (Å²) in [7, 11) is 1.78. The largest absolute Gasteiger partial charge is 0.342 e. The molecule has 29 heavy (non-hydrogen) atoms. The maximum absolute atomic E-state index is 4.32. The molecule has 0 aliphatic rings. The van der Waals surface area contributed by atoms with E-state index in [0.29, 0.717) is 5.82 Å². The van der Waals surface area contributed by atoms with E-state index in [4.69, 9.17) is 0 Å². The third-order valence-corrected chi connectivity index (χ3v) is 5.09. The number of benzene rings is 1. The number of hydrogen-bond acceptors (Lipinski definition) is 3. The molecular formula is C24H35N5. The molecule has 1 aromatic heterocycles. The van der Waals surface area contributed by atoms with Crippen molar-refractivity contribution >= 4 is 11.5 Å². The van der Waals surface area contributed by atoms with Crippen LogP contribution in [-0.4, -0.2) is 22.4 Å².